The molecule has 2 aromatic rings. The van der Waals surface area contributed by atoms with E-state index in [1.165, 1.54) is 0 Å². The molecule has 0 radical (unpaired) electrons. The van der Waals surface area contributed by atoms with Crippen LogP contribution in [0.2, 0.25) is 0 Å². The van der Waals surface area contributed by atoms with Crippen LogP contribution in [-0.2, 0) is 4.74 Å². The van der Waals surface area contributed by atoms with Gasteiger partial charge in [0.2, 0.25) is 0 Å². The summed E-state index contributed by atoms with van der Waals surface area (Å²) in [6, 6.07) is 9.76. The Morgan fingerprint density at radius 2 is 1.97 bits per heavy atom. The molecule has 35 heavy (non-hydrogen) atoms. The molecule has 0 bridgehead atoms. The van der Waals surface area contributed by atoms with Crippen molar-refractivity contribution in [1.82, 2.24) is 4.98 Å². The molecule has 1 aliphatic rings. The fourth-order valence-electron chi connectivity index (χ4n) is 3.86. The van der Waals surface area contributed by atoms with Gasteiger partial charge in [0.25, 0.3) is 0 Å². The second-order valence-corrected chi connectivity index (χ2v) is 9.24. The number of benzene rings is 1. The number of ether oxygens (including phenoxy) is 1. The molecule has 192 valence electrons. The molecule has 2 heterocycles. The van der Waals surface area contributed by atoms with E-state index in [1.54, 1.807) is 13.2 Å². The van der Waals surface area contributed by atoms with E-state index in [9.17, 15) is 9.90 Å². The molecule has 1 fully saturated rings. The fourth-order valence-corrected chi connectivity index (χ4v) is 3.86. The summed E-state index contributed by atoms with van der Waals surface area (Å²) in [6.45, 7) is 8.53. The third-order valence-electron chi connectivity index (χ3n) is 6.11. The molecule has 8 heteroatoms. The maximum absolute atomic E-state index is 11.7. The Kier molecular flexibility index (Phi) is 11.1. The number of rotatable bonds is 9. The SMILES string of the molecule is CC(C)C(=N)c1c(N2CCC(CO)CC2)cc(C=O)nc1Nc1cccc(N(C)C)c1.CCOC. The van der Waals surface area contributed by atoms with Gasteiger partial charge in [-0.25, -0.2) is 4.98 Å². The van der Waals surface area contributed by atoms with Gasteiger partial charge in [-0.1, -0.05) is 19.9 Å². The standard InChI is InChI=1S/C24H33N5O2.C3H8O/c1-16(2)23(25)22-21(29-10-8-17(14-30)9-11-29)13-19(15-31)27-24(22)26-18-6-5-7-20(12-18)28(3)4;1-3-4-2/h5-7,12-13,15-17,25,30H,8-11,14H2,1-4H3,(H,26,27);3H2,1-2H3. The number of methoxy groups -OCH3 is 1. The highest BCUT2D eigenvalue weighted by atomic mass is 16.5. The van der Waals surface area contributed by atoms with Gasteiger partial charge in [-0.05, 0) is 55.9 Å². The van der Waals surface area contributed by atoms with Crippen molar-refractivity contribution in [3.05, 3.63) is 41.6 Å². The topological polar surface area (TPSA) is 102 Å². The van der Waals surface area contributed by atoms with Crippen LogP contribution in [0.5, 0.6) is 0 Å². The summed E-state index contributed by atoms with van der Waals surface area (Å²) < 4.78 is 4.54. The summed E-state index contributed by atoms with van der Waals surface area (Å²) in [5.74, 6) is 0.841. The highest BCUT2D eigenvalue weighted by Crippen LogP contribution is 2.34. The van der Waals surface area contributed by atoms with Gasteiger partial charge >= 0.3 is 0 Å². The lowest BCUT2D eigenvalue weighted by Crippen LogP contribution is -2.36. The van der Waals surface area contributed by atoms with Gasteiger partial charge in [-0.15, -0.1) is 0 Å². The van der Waals surface area contributed by atoms with Crippen molar-refractivity contribution in [2.45, 2.75) is 33.6 Å². The number of aliphatic hydroxyl groups is 1. The van der Waals surface area contributed by atoms with Crippen molar-refractivity contribution >= 4 is 34.9 Å². The molecule has 3 N–H and O–H groups in total. The molecule has 3 rings (SSSR count). The average molecular weight is 484 g/mol. The molecule has 1 aromatic heterocycles. The minimum Gasteiger partial charge on any atom is -0.396 e. The summed E-state index contributed by atoms with van der Waals surface area (Å²) in [7, 11) is 5.65. The number of aliphatic hydroxyl groups excluding tert-OH is 1. The lowest BCUT2D eigenvalue weighted by Gasteiger charge is -2.35. The van der Waals surface area contributed by atoms with Gasteiger partial charge < -0.3 is 30.4 Å². The van der Waals surface area contributed by atoms with E-state index in [4.69, 9.17) is 5.41 Å². The fraction of sp³-hybridized carbons (Fsp3) is 0.519. The third-order valence-corrected chi connectivity index (χ3v) is 6.11. The van der Waals surface area contributed by atoms with Crippen LogP contribution in [0, 0.1) is 17.2 Å². The number of aldehydes is 1. The molecular formula is C27H41N5O3. The van der Waals surface area contributed by atoms with Crippen molar-refractivity contribution in [3.8, 4) is 0 Å². The second kappa shape index (κ2) is 13.8. The van der Waals surface area contributed by atoms with Crippen LogP contribution in [0.15, 0.2) is 30.3 Å². The summed E-state index contributed by atoms with van der Waals surface area (Å²) in [6.07, 6.45) is 2.53. The number of nitrogens with one attached hydrogen (secondary N) is 2. The van der Waals surface area contributed by atoms with Crippen molar-refractivity contribution < 1.29 is 14.6 Å². The van der Waals surface area contributed by atoms with Crippen LogP contribution in [0.1, 0.15) is 49.7 Å². The Morgan fingerprint density at radius 1 is 1.31 bits per heavy atom. The largest absolute Gasteiger partial charge is 0.396 e. The normalized spacial score (nSPS) is 13.8. The van der Waals surface area contributed by atoms with Crippen LogP contribution in [0.4, 0.5) is 22.9 Å². The van der Waals surface area contributed by atoms with E-state index >= 15 is 0 Å². The van der Waals surface area contributed by atoms with Crippen LogP contribution < -0.4 is 15.1 Å². The smallest absolute Gasteiger partial charge is 0.168 e. The number of nitrogens with zero attached hydrogens (tertiary/aromatic N) is 3. The first kappa shape index (κ1) is 28.3. The van der Waals surface area contributed by atoms with Crippen molar-refractivity contribution in [3.63, 3.8) is 0 Å². The lowest BCUT2D eigenvalue weighted by atomic mass is 9.94. The highest BCUT2D eigenvalue weighted by Gasteiger charge is 2.26. The number of pyridine rings is 1. The number of carbonyl (C=O) groups excluding carboxylic acids is 1. The summed E-state index contributed by atoms with van der Waals surface area (Å²) in [5.41, 5.74) is 4.31. The zero-order valence-corrected chi connectivity index (χ0v) is 22.0. The van der Waals surface area contributed by atoms with E-state index in [-0.39, 0.29) is 12.5 Å². The monoisotopic (exact) mass is 483 g/mol. The predicted octanol–water partition coefficient (Wildman–Crippen LogP) is 4.59. The number of carbonyl (C=O) groups is 1. The first-order valence-electron chi connectivity index (χ1n) is 12.2. The van der Waals surface area contributed by atoms with Crippen LogP contribution >= 0.6 is 0 Å². The minimum atomic E-state index is 0.00581. The lowest BCUT2D eigenvalue weighted by molar-refractivity contribution is 0.111. The van der Waals surface area contributed by atoms with Crippen molar-refractivity contribution in [2.75, 3.05) is 62.6 Å². The molecule has 0 saturated carbocycles. The van der Waals surface area contributed by atoms with Gasteiger partial charge in [0.1, 0.15) is 11.5 Å². The molecular weight excluding hydrogens is 442 g/mol. The maximum atomic E-state index is 11.7. The minimum absolute atomic E-state index is 0.00581. The highest BCUT2D eigenvalue weighted by molar-refractivity contribution is 6.09. The molecule has 1 aromatic carbocycles. The van der Waals surface area contributed by atoms with Crippen LogP contribution in [-0.4, -0.2) is 69.6 Å². The molecule has 1 aliphatic heterocycles. The van der Waals surface area contributed by atoms with Crippen molar-refractivity contribution in [1.29, 1.82) is 5.41 Å². The van der Waals surface area contributed by atoms with Crippen molar-refractivity contribution in [2.24, 2.45) is 11.8 Å². The van der Waals surface area contributed by atoms with Crippen LogP contribution in [0.25, 0.3) is 0 Å². The Morgan fingerprint density at radius 3 is 2.49 bits per heavy atom. The molecule has 0 atom stereocenters. The zero-order chi connectivity index (χ0) is 26.0. The maximum Gasteiger partial charge on any atom is 0.168 e. The van der Waals surface area contributed by atoms with Gasteiger partial charge in [-0.3, -0.25) is 4.79 Å². The Labute approximate surface area is 209 Å². The molecule has 0 spiro atoms. The van der Waals surface area contributed by atoms with E-state index in [1.807, 2.05) is 64.0 Å². The van der Waals surface area contributed by atoms with E-state index < -0.39 is 0 Å². The molecule has 0 aliphatic carbocycles. The molecule has 0 unspecified atom stereocenters. The number of aromatic nitrogens is 1. The Bertz CT molecular complexity index is 967. The zero-order valence-electron chi connectivity index (χ0n) is 22.0. The van der Waals surface area contributed by atoms with E-state index in [2.05, 4.69) is 19.9 Å². The summed E-state index contributed by atoms with van der Waals surface area (Å²) in [5, 5.41) is 21.7. The van der Waals surface area contributed by atoms with Gasteiger partial charge in [-0.2, -0.15) is 0 Å². The number of hydrogen-bond donors (Lipinski definition) is 3. The number of hydrogen-bond acceptors (Lipinski definition) is 8. The van der Waals surface area contributed by atoms with Gasteiger partial charge in [0, 0.05) is 64.6 Å². The van der Waals surface area contributed by atoms with E-state index in [0.717, 1.165) is 61.4 Å². The average Bonchev–Trinajstić information content (AvgIpc) is 2.88. The van der Waals surface area contributed by atoms with Gasteiger partial charge in [0.15, 0.2) is 6.29 Å². The second-order valence-electron chi connectivity index (χ2n) is 9.24. The van der Waals surface area contributed by atoms with E-state index in [0.29, 0.717) is 23.1 Å². The molecule has 1 saturated heterocycles. The Balaban J connectivity index is 0.00000100. The number of anilines is 4. The Hall–Kier alpha value is -2.97. The molecule has 8 nitrogen and oxygen atoms in total. The molecule has 0 amide bonds. The predicted molar refractivity (Wildman–Crippen MR) is 145 cm³/mol. The first-order chi connectivity index (χ1) is 16.7. The first-order valence-corrected chi connectivity index (χ1v) is 12.2. The van der Waals surface area contributed by atoms with Crippen LogP contribution in [0.3, 0.4) is 0 Å². The number of piperidine rings is 1. The van der Waals surface area contributed by atoms with Gasteiger partial charge in [0.05, 0.1) is 11.3 Å². The quantitative estimate of drug-likeness (QED) is 0.354. The third kappa shape index (κ3) is 7.77. The summed E-state index contributed by atoms with van der Waals surface area (Å²) >= 11 is 0. The summed E-state index contributed by atoms with van der Waals surface area (Å²) in [4.78, 5) is 20.5.